The Labute approximate surface area is 381 Å². The molecule has 16 heteroatoms. The first-order valence-electron chi connectivity index (χ1n) is 23.2. The second-order valence-corrected chi connectivity index (χ2v) is 20.1. The van der Waals surface area contributed by atoms with E-state index in [-0.39, 0.29) is 50.0 Å². The number of likely N-dealkylation sites (N-methyl/N-ethyl adjacent to an activating group) is 1. The maximum Gasteiger partial charge on any atom is 0.311 e. The molecule has 0 unspecified atom stereocenters. The molecule has 0 spiro atoms. The number of hydrogen-bond acceptors (Lipinski definition) is 15. The van der Waals surface area contributed by atoms with Crippen molar-refractivity contribution in [3.63, 3.8) is 0 Å². The minimum Gasteiger partial charge on any atom is -0.459 e. The van der Waals surface area contributed by atoms with Crippen molar-refractivity contribution in [3.8, 4) is 0 Å². The van der Waals surface area contributed by atoms with Gasteiger partial charge < -0.3 is 64.0 Å². The van der Waals surface area contributed by atoms with Gasteiger partial charge >= 0.3 is 5.97 Å². The largest absolute Gasteiger partial charge is 0.459 e. The molecule has 0 aromatic heterocycles. The van der Waals surface area contributed by atoms with Crippen LogP contribution in [-0.4, -0.2) is 160 Å². The molecule has 3 saturated heterocycles. The van der Waals surface area contributed by atoms with Gasteiger partial charge in [-0.1, -0.05) is 39.8 Å². The van der Waals surface area contributed by atoms with Gasteiger partial charge in [0.25, 0.3) is 5.91 Å². The van der Waals surface area contributed by atoms with Gasteiger partial charge in [-0.15, -0.1) is 0 Å². The summed E-state index contributed by atoms with van der Waals surface area (Å²) >= 11 is 0. The van der Waals surface area contributed by atoms with Crippen LogP contribution in [0.25, 0.3) is 0 Å². The van der Waals surface area contributed by atoms with Crippen molar-refractivity contribution in [3.05, 3.63) is 35.4 Å². The van der Waals surface area contributed by atoms with Crippen molar-refractivity contribution in [2.75, 3.05) is 21.2 Å². The molecule has 3 aliphatic rings. The van der Waals surface area contributed by atoms with E-state index in [1.54, 1.807) is 73.7 Å². The standard InChI is InChI=1S/C48H82N2O14/c1-16-35-48(12,57)40(52)28(6)38(59-24-32-18-17-19-33(21-32)43(54)49-13)26(4)22-46(10,56)42(64-45-37(51)34(20-27(5)60-45)50(14)25(2)3)29(7)39(30(8)44(55)62-35)63-36-23-47(11,58-15)41(53)31(9)61-36/h17-19,21,25-31,34-42,45,51-53,56-57H,16,20,22-24H2,1-15H3,(H,49,54)/t26-,27-,28+,29+,30-,31+,34+,35-,36+,37-,38+,39+,40-,41+,42-,45+,46-,47-,48-/m1/s1. The van der Waals surface area contributed by atoms with E-state index in [9.17, 15) is 35.1 Å². The van der Waals surface area contributed by atoms with Crippen LogP contribution in [0.4, 0.5) is 0 Å². The fourth-order valence-corrected chi connectivity index (χ4v) is 10.3. The lowest BCUT2D eigenvalue weighted by Crippen LogP contribution is -2.62. The van der Waals surface area contributed by atoms with E-state index in [4.69, 9.17) is 33.2 Å². The summed E-state index contributed by atoms with van der Waals surface area (Å²) in [6, 6.07) is 6.72. The van der Waals surface area contributed by atoms with Gasteiger partial charge in [-0.2, -0.15) is 0 Å². The summed E-state index contributed by atoms with van der Waals surface area (Å²) in [6.07, 6.45) is -10.4. The molecule has 3 heterocycles. The first kappa shape index (κ1) is 54.3. The average Bonchev–Trinajstić information content (AvgIpc) is 3.24. The highest BCUT2D eigenvalue weighted by Crippen LogP contribution is 2.42. The van der Waals surface area contributed by atoms with Gasteiger partial charge in [0.2, 0.25) is 0 Å². The number of nitrogens with zero attached hydrogens (tertiary/aromatic N) is 1. The van der Waals surface area contributed by atoms with Crippen molar-refractivity contribution in [1.29, 1.82) is 0 Å². The molecule has 64 heavy (non-hydrogen) atoms. The second kappa shape index (κ2) is 22.2. The number of rotatable bonds is 12. The number of aliphatic hydroxyl groups is 5. The molecule has 3 fully saturated rings. The number of ether oxygens (including phenoxy) is 7. The molecule has 1 aromatic rings. The van der Waals surface area contributed by atoms with Gasteiger partial charge in [-0.05, 0) is 105 Å². The Morgan fingerprint density at radius 2 is 1.61 bits per heavy atom. The first-order chi connectivity index (χ1) is 29.7. The molecule has 6 N–H and O–H groups in total. The van der Waals surface area contributed by atoms with Crippen LogP contribution in [0.1, 0.15) is 125 Å². The van der Waals surface area contributed by atoms with Crippen LogP contribution in [0.3, 0.4) is 0 Å². The van der Waals surface area contributed by atoms with E-state index in [0.717, 1.165) is 0 Å². The molecular weight excluding hydrogens is 829 g/mol. The Bertz CT molecular complexity index is 1660. The molecular formula is C48H82N2O14. The molecule has 3 aliphatic heterocycles. The predicted molar refractivity (Wildman–Crippen MR) is 239 cm³/mol. The monoisotopic (exact) mass is 911 g/mol. The SMILES string of the molecule is CC[C@H]1OC(=O)[C@H](C)[C@@H](O[C@H]2C[C@@](C)(OC)[C@@H](O)[C@H](C)O2)[C@H](C)[C@@H](O[C@@H]2O[C@H](C)C[C@H](N(C)C(C)C)[C@H]2O)[C@](C)(O)C[C@@H](C)[C@H](OCc2cccc(C(=O)NC)c2)[C@H](C)[C@@H](O)[C@]1(C)O. The highest BCUT2D eigenvalue weighted by Gasteiger charge is 2.54. The van der Waals surface area contributed by atoms with E-state index in [1.807, 2.05) is 40.8 Å². The highest BCUT2D eigenvalue weighted by molar-refractivity contribution is 5.94. The number of amides is 1. The second-order valence-electron chi connectivity index (χ2n) is 20.1. The van der Waals surface area contributed by atoms with E-state index in [0.29, 0.717) is 17.5 Å². The molecule has 0 aliphatic carbocycles. The molecule has 0 bridgehead atoms. The van der Waals surface area contributed by atoms with E-state index in [2.05, 4.69) is 10.2 Å². The lowest BCUT2D eigenvalue weighted by molar-refractivity contribution is -0.319. The van der Waals surface area contributed by atoms with Crippen molar-refractivity contribution < 1.29 is 68.3 Å². The summed E-state index contributed by atoms with van der Waals surface area (Å²) < 4.78 is 44.8. The third-order valence-electron chi connectivity index (χ3n) is 14.5. The fourth-order valence-electron chi connectivity index (χ4n) is 10.3. The van der Waals surface area contributed by atoms with Crippen LogP contribution < -0.4 is 5.32 Å². The van der Waals surface area contributed by atoms with Crippen LogP contribution >= 0.6 is 0 Å². The van der Waals surface area contributed by atoms with Crippen molar-refractivity contribution in [1.82, 2.24) is 10.2 Å². The van der Waals surface area contributed by atoms with Crippen molar-refractivity contribution in [2.45, 2.75) is 212 Å². The number of carbonyl (C=O) groups is 2. The molecule has 0 radical (unpaired) electrons. The molecule has 368 valence electrons. The molecule has 1 aromatic carbocycles. The quantitative estimate of drug-likeness (QED) is 0.164. The number of benzene rings is 1. The Balaban J connectivity index is 1.87. The van der Waals surface area contributed by atoms with Crippen LogP contribution in [0.2, 0.25) is 0 Å². The third kappa shape index (κ3) is 12.2. The summed E-state index contributed by atoms with van der Waals surface area (Å²) in [4.78, 5) is 29.1. The number of nitrogens with one attached hydrogen (secondary N) is 1. The van der Waals surface area contributed by atoms with Crippen LogP contribution in [0, 0.1) is 23.7 Å². The topological polar surface area (TPSA) is 215 Å². The number of methoxy groups -OCH3 is 1. The summed E-state index contributed by atoms with van der Waals surface area (Å²) in [7, 11) is 4.98. The van der Waals surface area contributed by atoms with Crippen molar-refractivity contribution in [2.24, 2.45) is 23.7 Å². The maximum atomic E-state index is 14.5. The lowest BCUT2D eigenvalue weighted by Gasteiger charge is -2.50. The number of hydrogen-bond donors (Lipinski definition) is 6. The van der Waals surface area contributed by atoms with Gasteiger partial charge in [0.1, 0.15) is 23.9 Å². The number of aliphatic hydroxyl groups excluding tert-OH is 3. The summed E-state index contributed by atoms with van der Waals surface area (Å²) in [5, 5.41) is 62.9. The van der Waals surface area contributed by atoms with Gasteiger partial charge in [0, 0.05) is 50.1 Å². The molecule has 19 atom stereocenters. The average molecular weight is 911 g/mol. The van der Waals surface area contributed by atoms with Gasteiger partial charge in [-0.25, -0.2) is 0 Å². The van der Waals surface area contributed by atoms with Gasteiger partial charge in [0.05, 0.1) is 60.4 Å². The molecule has 4 rings (SSSR count). The zero-order valence-electron chi connectivity index (χ0n) is 41.0. The minimum atomic E-state index is -1.96. The van der Waals surface area contributed by atoms with Crippen LogP contribution in [-0.2, 0) is 44.6 Å². The zero-order valence-corrected chi connectivity index (χ0v) is 41.0. The Kier molecular flexibility index (Phi) is 18.8. The number of cyclic esters (lactones) is 1. The van der Waals surface area contributed by atoms with E-state index < -0.39 is 108 Å². The van der Waals surface area contributed by atoms with Crippen LogP contribution in [0.5, 0.6) is 0 Å². The minimum absolute atomic E-state index is 0.00546. The van der Waals surface area contributed by atoms with Gasteiger partial charge in [0.15, 0.2) is 12.6 Å². The smallest absolute Gasteiger partial charge is 0.311 e. The third-order valence-corrected chi connectivity index (χ3v) is 14.5. The zero-order chi connectivity index (χ0) is 48.2. The predicted octanol–water partition coefficient (Wildman–Crippen LogP) is 3.94. The van der Waals surface area contributed by atoms with E-state index >= 15 is 0 Å². The van der Waals surface area contributed by atoms with Crippen LogP contribution in [0.15, 0.2) is 24.3 Å². The fraction of sp³-hybridized carbons (Fsp3) is 0.833. The Morgan fingerprint density at radius 1 is 0.953 bits per heavy atom. The summed E-state index contributed by atoms with van der Waals surface area (Å²) in [6.45, 7) is 21.3. The maximum absolute atomic E-state index is 14.5. The van der Waals surface area contributed by atoms with Gasteiger partial charge in [-0.3, -0.25) is 14.5 Å². The molecule has 1 amide bonds. The summed E-state index contributed by atoms with van der Waals surface area (Å²) in [5.41, 5.74) is -3.68. The number of carbonyl (C=O) groups excluding carboxylic acids is 2. The summed E-state index contributed by atoms with van der Waals surface area (Å²) in [5.74, 6) is -4.27. The highest BCUT2D eigenvalue weighted by atomic mass is 16.7. The molecule has 0 saturated carbocycles. The lowest BCUT2D eigenvalue weighted by atomic mass is 9.73. The van der Waals surface area contributed by atoms with E-state index in [1.165, 1.54) is 14.0 Å². The Hall–Kier alpha value is -2.32. The normalized spacial score (nSPS) is 43.1. The number of esters is 1. The Morgan fingerprint density at radius 3 is 2.20 bits per heavy atom. The first-order valence-corrected chi connectivity index (χ1v) is 23.2. The van der Waals surface area contributed by atoms with Crippen molar-refractivity contribution >= 4 is 11.9 Å². The molecule has 16 nitrogen and oxygen atoms in total.